The van der Waals surface area contributed by atoms with Crippen LogP contribution >= 0.6 is 0 Å². The first-order valence-corrected chi connectivity index (χ1v) is 8.70. The molecule has 7 nitrogen and oxygen atoms in total. The molecule has 0 bridgehead atoms. The molecule has 144 valence electrons. The first kappa shape index (κ1) is 18.8. The average Bonchev–Trinajstić information content (AvgIpc) is 2.67. The maximum Gasteiger partial charge on any atom is 0.387 e. The van der Waals surface area contributed by atoms with Crippen LogP contribution in [0.5, 0.6) is 5.75 Å². The van der Waals surface area contributed by atoms with Gasteiger partial charge in [0.1, 0.15) is 5.82 Å². The number of benzene rings is 1. The van der Waals surface area contributed by atoms with E-state index in [1.165, 1.54) is 18.6 Å². The number of ether oxygens (including phenoxy) is 1. The van der Waals surface area contributed by atoms with Gasteiger partial charge in [-0.2, -0.15) is 8.78 Å². The number of rotatable bonds is 7. The van der Waals surface area contributed by atoms with Crippen LogP contribution in [-0.2, 0) is 6.54 Å². The average molecular weight is 378 g/mol. The van der Waals surface area contributed by atoms with Gasteiger partial charge in [0.05, 0.1) is 4.92 Å². The van der Waals surface area contributed by atoms with Gasteiger partial charge >= 0.3 is 12.3 Å². The highest BCUT2D eigenvalue weighted by Gasteiger charge is 2.19. The summed E-state index contributed by atoms with van der Waals surface area (Å²) in [4.78, 5) is 16.8. The number of nitrogens with zero attached hydrogens (tertiary/aromatic N) is 3. The van der Waals surface area contributed by atoms with Crippen LogP contribution in [0.2, 0.25) is 0 Å². The number of nitro groups is 1. The van der Waals surface area contributed by atoms with Gasteiger partial charge in [0.15, 0.2) is 0 Å². The topological polar surface area (TPSA) is 80.5 Å². The zero-order valence-corrected chi connectivity index (χ0v) is 14.6. The van der Waals surface area contributed by atoms with E-state index in [4.69, 9.17) is 0 Å². The Bertz CT molecular complexity index is 798. The zero-order valence-electron chi connectivity index (χ0n) is 14.6. The number of aromatic nitrogens is 1. The first-order chi connectivity index (χ1) is 13.0. The predicted molar refractivity (Wildman–Crippen MR) is 97.4 cm³/mol. The quantitative estimate of drug-likeness (QED) is 0.575. The monoisotopic (exact) mass is 378 g/mol. The second kappa shape index (κ2) is 8.61. The van der Waals surface area contributed by atoms with Crippen LogP contribution in [0.3, 0.4) is 0 Å². The molecule has 0 amide bonds. The van der Waals surface area contributed by atoms with Crippen molar-refractivity contribution >= 4 is 17.2 Å². The van der Waals surface area contributed by atoms with Gasteiger partial charge in [-0.25, -0.2) is 4.98 Å². The van der Waals surface area contributed by atoms with Crippen molar-refractivity contribution in [1.82, 2.24) is 4.98 Å². The van der Waals surface area contributed by atoms with Crippen LogP contribution in [0.25, 0.3) is 0 Å². The minimum absolute atomic E-state index is 0.426. The number of anilines is 2. The van der Waals surface area contributed by atoms with Gasteiger partial charge in [0.2, 0.25) is 5.75 Å². The molecular weight excluding hydrogens is 358 g/mol. The summed E-state index contributed by atoms with van der Waals surface area (Å²) in [5, 5.41) is 14.0. The van der Waals surface area contributed by atoms with Crippen LogP contribution in [0, 0.1) is 10.1 Å². The highest BCUT2D eigenvalue weighted by molar-refractivity contribution is 5.58. The van der Waals surface area contributed by atoms with E-state index < -0.39 is 23.0 Å². The van der Waals surface area contributed by atoms with Gasteiger partial charge in [-0.3, -0.25) is 10.1 Å². The van der Waals surface area contributed by atoms with Crippen molar-refractivity contribution in [2.45, 2.75) is 32.4 Å². The summed E-state index contributed by atoms with van der Waals surface area (Å²) < 4.78 is 29.2. The Labute approximate surface area is 155 Å². The van der Waals surface area contributed by atoms with E-state index in [9.17, 15) is 18.9 Å². The van der Waals surface area contributed by atoms with E-state index in [0.29, 0.717) is 12.2 Å². The number of hydrogen-bond donors (Lipinski definition) is 1. The minimum atomic E-state index is -3.13. The fourth-order valence-electron chi connectivity index (χ4n) is 3.04. The minimum Gasteiger partial charge on any atom is -0.427 e. The molecule has 1 saturated heterocycles. The summed E-state index contributed by atoms with van der Waals surface area (Å²) in [5.41, 5.74) is 0.921. The molecule has 0 atom stereocenters. The number of piperidine rings is 1. The fraction of sp³-hybridized carbons (Fsp3) is 0.389. The summed E-state index contributed by atoms with van der Waals surface area (Å²) >= 11 is 0. The third-order valence-electron chi connectivity index (χ3n) is 4.36. The van der Waals surface area contributed by atoms with Gasteiger partial charge in [0, 0.05) is 43.7 Å². The Morgan fingerprint density at radius 3 is 2.70 bits per heavy atom. The van der Waals surface area contributed by atoms with Gasteiger partial charge in [0.25, 0.3) is 0 Å². The molecule has 1 N–H and O–H groups in total. The third-order valence-corrected chi connectivity index (χ3v) is 4.36. The van der Waals surface area contributed by atoms with E-state index in [0.717, 1.165) is 43.4 Å². The number of hydrogen-bond acceptors (Lipinski definition) is 6. The highest BCUT2D eigenvalue weighted by Crippen LogP contribution is 2.31. The molecule has 27 heavy (non-hydrogen) atoms. The van der Waals surface area contributed by atoms with E-state index in [1.54, 1.807) is 6.20 Å². The van der Waals surface area contributed by atoms with Gasteiger partial charge < -0.3 is 15.0 Å². The molecule has 2 heterocycles. The van der Waals surface area contributed by atoms with Crippen molar-refractivity contribution in [3.63, 3.8) is 0 Å². The number of nitrogens with one attached hydrogen (secondary N) is 1. The summed E-state index contributed by atoms with van der Waals surface area (Å²) in [7, 11) is 0. The van der Waals surface area contributed by atoms with Crippen LogP contribution in [0.15, 0.2) is 36.5 Å². The lowest BCUT2D eigenvalue weighted by Gasteiger charge is -2.28. The summed E-state index contributed by atoms with van der Waals surface area (Å²) in [6.45, 7) is -0.734. The van der Waals surface area contributed by atoms with E-state index in [1.807, 2.05) is 12.1 Å². The van der Waals surface area contributed by atoms with Gasteiger partial charge in [-0.15, -0.1) is 0 Å². The normalized spacial score (nSPS) is 14.3. The lowest BCUT2D eigenvalue weighted by Crippen LogP contribution is -2.30. The molecule has 0 unspecified atom stereocenters. The van der Waals surface area contributed by atoms with E-state index in [2.05, 4.69) is 19.9 Å². The molecule has 1 aliphatic rings. The maximum absolute atomic E-state index is 12.5. The van der Waals surface area contributed by atoms with Crippen molar-refractivity contribution in [3.8, 4) is 5.75 Å². The fourth-order valence-corrected chi connectivity index (χ4v) is 3.04. The predicted octanol–water partition coefficient (Wildman–Crippen LogP) is 4.19. The largest absolute Gasteiger partial charge is 0.427 e. The SMILES string of the molecule is O=[N+]([O-])c1ccc(NCc2ccnc(N3CCCCC3)c2)cc1OC(F)F. The second-order valence-electron chi connectivity index (χ2n) is 6.24. The Kier molecular flexibility index (Phi) is 6.00. The lowest BCUT2D eigenvalue weighted by molar-refractivity contribution is -0.386. The molecule has 3 rings (SSSR count). The van der Waals surface area contributed by atoms with Crippen LogP contribution in [0.1, 0.15) is 24.8 Å². The first-order valence-electron chi connectivity index (χ1n) is 8.70. The molecule has 0 radical (unpaired) electrons. The summed E-state index contributed by atoms with van der Waals surface area (Å²) in [6.07, 6.45) is 5.28. The molecule has 1 fully saturated rings. The van der Waals surface area contributed by atoms with Crippen molar-refractivity contribution in [2.24, 2.45) is 0 Å². The second-order valence-corrected chi connectivity index (χ2v) is 6.24. The van der Waals surface area contributed by atoms with Crippen LogP contribution < -0.4 is 15.0 Å². The van der Waals surface area contributed by atoms with Crippen LogP contribution in [-0.4, -0.2) is 29.6 Å². The van der Waals surface area contributed by atoms with Crippen molar-refractivity contribution in [3.05, 3.63) is 52.2 Å². The molecule has 2 aromatic rings. The third kappa shape index (κ3) is 5.02. The molecule has 0 saturated carbocycles. The van der Waals surface area contributed by atoms with Crippen LogP contribution in [0.4, 0.5) is 26.0 Å². The van der Waals surface area contributed by atoms with Crippen molar-refractivity contribution < 1.29 is 18.4 Å². The Hall–Kier alpha value is -2.97. The highest BCUT2D eigenvalue weighted by atomic mass is 19.3. The van der Waals surface area contributed by atoms with Crippen molar-refractivity contribution in [2.75, 3.05) is 23.3 Å². The standard InChI is InChI=1S/C18H20F2N4O3/c19-18(20)27-16-11-14(4-5-15(16)24(25)26)22-12-13-6-7-21-17(10-13)23-8-2-1-3-9-23/h4-7,10-11,18,22H,1-3,8-9,12H2. The number of pyridine rings is 1. The smallest absolute Gasteiger partial charge is 0.387 e. The molecule has 9 heteroatoms. The number of halogens is 2. The lowest BCUT2D eigenvalue weighted by atomic mass is 10.1. The van der Waals surface area contributed by atoms with E-state index >= 15 is 0 Å². The molecule has 1 aromatic carbocycles. The Morgan fingerprint density at radius 1 is 1.22 bits per heavy atom. The summed E-state index contributed by atoms with van der Waals surface area (Å²) in [5.74, 6) is 0.447. The number of alkyl halides is 2. The zero-order chi connectivity index (χ0) is 19.2. The molecular formula is C18H20F2N4O3. The van der Waals surface area contributed by atoms with Crippen molar-refractivity contribution in [1.29, 1.82) is 0 Å². The number of nitro benzene ring substituents is 1. The Morgan fingerprint density at radius 2 is 2.00 bits per heavy atom. The van der Waals surface area contributed by atoms with Gasteiger partial charge in [-0.1, -0.05) is 0 Å². The van der Waals surface area contributed by atoms with E-state index in [-0.39, 0.29) is 0 Å². The Balaban J connectivity index is 1.70. The molecule has 1 aliphatic heterocycles. The molecule has 1 aromatic heterocycles. The summed E-state index contributed by atoms with van der Waals surface area (Å²) in [6, 6.07) is 7.66. The van der Waals surface area contributed by atoms with Gasteiger partial charge in [-0.05, 0) is 43.0 Å². The maximum atomic E-state index is 12.5. The molecule has 0 spiro atoms. The molecule has 0 aliphatic carbocycles.